The summed E-state index contributed by atoms with van der Waals surface area (Å²) in [6, 6.07) is 15.3. The van der Waals surface area contributed by atoms with Gasteiger partial charge in [0, 0.05) is 18.7 Å². The predicted molar refractivity (Wildman–Crippen MR) is 118 cm³/mol. The van der Waals surface area contributed by atoms with Gasteiger partial charge in [-0.05, 0) is 28.3 Å². The second-order valence-corrected chi connectivity index (χ2v) is 7.24. The van der Waals surface area contributed by atoms with Gasteiger partial charge in [-0.15, -0.1) is 10.2 Å². The van der Waals surface area contributed by atoms with E-state index in [0.29, 0.717) is 12.4 Å². The Morgan fingerprint density at radius 1 is 1.06 bits per heavy atom. The van der Waals surface area contributed by atoms with Crippen molar-refractivity contribution in [2.75, 3.05) is 13.1 Å². The fourth-order valence-corrected chi connectivity index (χ4v) is 3.29. The van der Waals surface area contributed by atoms with E-state index >= 15 is 0 Å². The molecule has 0 spiro atoms. The molecule has 9 nitrogen and oxygen atoms in total. The number of benzene rings is 2. The molecular formula is C22H27N7O2. The molecule has 0 aliphatic carbocycles. The van der Waals surface area contributed by atoms with Crippen LogP contribution in [-0.2, 0) is 11.3 Å². The molecule has 1 aromatic heterocycles. The van der Waals surface area contributed by atoms with Gasteiger partial charge in [0.15, 0.2) is 0 Å². The molecular weight excluding hydrogens is 394 g/mol. The fourth-order valence-electron chi connectivity index (χ4n) is 3.29. The maximum atomic E-state index is 12.5. The second-order valence-electron chi connectivity index (χ2n) is 7.24. The van der Waals surface area contributed by atoms with E-state index in [0.717, 1.165) is 41.5 Å². The summed E-state index contributed by atoms with van der Waals surface area (Å²) in [5.41, 5.74) is 9.06. The van der Waals surface area contributed by atoms with E-state index in [1.165, 1.54) is 4.90 Å². The highest BCUT2D eigenvalue weighted by Gasteiger charge is 2.16. The molecule has 0 saturated heterocycles. The third kappa shape index (κ3) is 6.11. The van der Waals surface area contributed by atoms with Crippen LogP contribution in [-0.4, -0.2) is 50.6 Å². The SMILES string of the molecule is CCCCCNC(=O)N(CC(N)=O)Cc1ccc(-c2ccccc2-c2nn[nH]n2)cc1. The Morgan fingerprint density at radius 3 is 2.45 bits per heavy atom. The second kappa shape index (κ2) is 10.9. The summed E-state index contributed by atoms with van der Waals surface area (Å²) in [6.07, 6.45) is 3.02. The number of aromatic amines is 1. The van der Waals surface area contributed by atoms with Gasteiger partial charge < -0.3 is 16.0 Å². The first-order valence-corrected chi connectivity index (χ1v) is 10.3. The average molecular weight is 422 g/mol. The van der Waals surface area contributed by atoms with Gasteiger partial charge in [-0.1, -0.05) is 68.3 Å². The highest BCUT2D eigenvalue weighted by Crippen LogP contribution is 2.29. The van der Waals surface area contributed by atoms with E-state index in [-0.39, 0.29) is 19.1 Å². The van der Waals surface area contributed by atoms with E-state index in [1.54, 1.807) is 0 Å². The van der Waals surface area contributed by atoms with Gasteiger partial charge in [-0.3, -0.25) is 4.79 Å². The van der Waals surface area contributed by atoms with Gasteiger partial charge in [0.05, 0.1) is 0 Å². The third-order valence-electron chi connectivity index (χ3n) is 4.84. The van der Waals surface area contributed by atoms with Crippen LogP contribution in [0.2, 0.25) is 0 Å². The summed E-state index contributed by atoms with van der Waals surface area (Å²) < 4.78 is 0. The molecule has 4 N–H and O–H groups in total. The van der Waals surface area contributed by atoms with Crippen molar-refractivity contribution in [1.29, 1.82) is 0 Å². The molecule has 3 aromatic rings. The molecule has 3 amide bonds. The normalized spacial score (nSPS) is 10.6. The van der Waals surface area contributed by atoms with E-state index < -0.39 is 5.91 Å². The third-order valence-corrected chi connectivity index (χ3v) is 4.84. The van der Waals surface area contributed by atoms with Gasteiger partial charge in [-0.25, -0.2) is 4.79 Å². The number of unbranched alkanes of at least 4 members (excludes halogenated alkanes) is 2. The van der Waals surface area contributed by atoms with Crippen LogP contribution in [0.25, 0.3) is 22.5 Å². The van der Waals surface area contributed by atoms with E-state index in [1.807, 2.05) is 48.5 Å². The molecule has 0 unspecified atom stereocenters. The van der Waals surface area contributed by atoms with Crippen molar-refractivity contribution < 1.29 is 9.59 Å². The highest BCUT2D eigenvalue weighted by molar-refractivity contribution is 5.83. The standard InChI is InChI=1S/C22H27N7O2/c1-2-3-6-13-24-22(31)29(15-20(23)30)14-16-9-11-17(12-10-16)18-7-4-5-8-19(18)21-25-27-28-26-21/h4-5,7-12H,2-3,6,13-15H2,1H3,(H2,23,30)(H,24,31)(H,25,26,27,28). The fraction of sp³-hybridized carbons (Fsp3) is 0.318. The smallest absolute Gasteiger partial charge is 0.318 e. The van der Waals surface area contributed by atoms with Crippen molar-refractivity contribution in [2.45, 2.75) is 32.7 Å². The molecule has 0 bridgehead atoms. The highest BCUT2D eigenvalue weighted by atomic mass is 16.2. The average Bonchev–Trinajstić information content (AvgIpc) is 3.31. The number of rotatable bonds is 10. The minimum Gasteiger partial charge on any atom is -0.368 e. The molecule has 1 heterocycles. The zero-order valence-electron chi connectivity index (χ0n) is 17.5. The van der Waals surface area contributed by atoms with Crippen molar-refractivity contribution in [2.24, 2.45) is 5.73 Å². The van der Waals surface area contributed by atoms with Crippen LogP contribution < -0.4 is 11.1 Å². The molecule has 0 atom stereocenters. The van der Waals surface area contributed by atoms with Crippen molar-refractivity contribution in [3.05, 3.63) is 54.1 Å². The van der Waals surface area contributed by atoms with Crippen LogP contribution >= 0.6 is 0 Å². The number of hydrogen-bond donors (Lipinski definition) is 3. The first-order chi connectivity index (χ1) is 15.1. The molecule has 0 aliphatic rings. The summed E-state index contributed by atoms with van der Waals surface area (Å²) in [7, 11) is 0. The van der Waals surface area contributed by atoms with Gasteiger partial charge in [0.2, 0.25) is 11.7 Å². The summed E-state index contributed by atoms with van der Waals surface area (Å²) in [5, 5.41) is 17.1. The Labute approximate surface area is 181 Å². The number of hydrogen-bond acceptors (Lipinski definition) is 5. The Balaban J connectivity index is 1.73. The Kier molecular flexibility index (Phi) is 7.69. The molecule has 0 aliphatic heterocycles. The van der Waals surface area contributed by atoms with E-state index in [9.17, 15) is 9.59 Å². The lowest BCUT2D eigenvalue weighted by Crippen LogP contribution is -2.44. The maximum Gasteiger partial charge on any atom is 0.318 e. The largest absolute Gasteiger partial charge is 0.368 e. The number of H-pyrrole nitrogens is 1. The van der Waals surface area contributed by atoms with Crippen LogP contribution in [0.1, 0.15) is 31.7 Å². The molecule has 0 radical (unpaired) electrons. The lowest BCUT2D eigenvalue weighted by atomic mass is 9.98. The van der Waals surface area contributed by atoms with Crippen molar-refractivity contribution >= 4 is 11.9 Å². The molecule has 3 rings (SSSR count). The maximum absolute atomic E-state index is 12.5. The molecule has 9 heteroatoms. The quantitative estimate of drug-likeness (QED) is 0.433. The first kappa shape index (κ1) is 21.9. The lowest BCUT2D eigenvalue weighted by molar-refractivity contribution is -0.118. The summed E-state index contributed by atoms with van der Waals surface area (Å²) in [5.74, 6) is -0.0265. The number of aromatic nitrogens is 4. The molecule has 2 aromatic carbocycles. The van der Waals surface area contributed by atoms with Gasteiger partial charge in [-0.2, -0.15) is 5.21 Å². The number of nitrogens with zero attached hydrogens (tertiary/aromatic N) is 4. The monoisotopic (exact) mass is 421 g/mol. The number of carbonyl (C=O) groups is 2. The number of tetrazole rings is 1. The zero-order chi connectivity index (χ0) is 22.1. The van der Waals surface area contributed by atoms with Crippen LogP contribution in [0.5, 0.6) is 0 Å². The van der Waals surface area contributed by atoms with Crippen molar-refractivity contribution in [3.63, 3.8) is 0 Å². The minimum absolute atomic E-state index is 0.137. The Hall–Kier alpha value is -3.75. The van der Waals surface area contributed by atoms with Crippen LogP contribution in [0.3, 0.4) is 0 Å². The topological polar surface area (TPSA) is 130 Å². The van der Waals surface area contributed by atoms with E-state index in [2.05, 4.69) is 32.9 Å². The van der Waals surface area contributed by atoms with Gasteiger partial charge in [0.25, 0.3) is 0 Å². The van der Waals surface area contributed by atoms with Crippen LogP contribution in [0, 0.1) is 0 Å². The zero-order valence-corrected chi connectivity index (χ0v) is 17.5. The molecule has 0 fully saturated rings. The van der Waals surface area contributed by atoms with Gasteiger partial charge in [0.1, 0.15) is 6.54 Å². The predicted octanol–water partition coefficient (Wildman–Crippen LogP) is 2.72. The minimum atomic E-state index is -0.547. The number of amides is 3. The number of primary amides is 1. The van der Waals surface area contributed by atoms with Crippen molar-refractivity contribution in [3.8, 4) is 22.5 Å². The summed E-state index contributed by atoms with van der Waals surface area (Å²) in [4.78, 5) is 25.4. The van der Waals surface area contributed by atoms with E-state index in [4.69, 9.17) is 5.73 Å². The first-order valence-electron chi connectivity index (χ1n) is 10.3. The number of nitrogens with one attached hydrogen (secondary N) is 2. The van der Waals surface area contributed by atoms with Gasteiger partial charge >= 0.3 is 6.03 Å². The van der Waals surface area contributed by atoms with Crippen LogP contribution in [0.4, 0.5) is 4.79 Å². The molecule has 31 heavy (non-hydrogen) atoms. The Bertz CT molecular complexity index is 987. The summed E-state index contributed by atoms with van der Waals surface area (Å²) in [6.45, 7) is 2.83. The number of urea groups is 1. The number of nitrogens with two attached hydrogens (primary N) is 1. The van der Waals surface area contributed by atoms with Crippen molar-refractivity contribution in [1.82, 2.24) is 30.8 Å². The van der Waals surface area contributed by atoms with Crippen LogP contribution in [0.15, 0.2) is 48.5 Å². The Morgan fingerprint density at radius 2 is 1.81 bits per heavy atom. The lowest BCUT2D eigenvalue weighted by Gasteiger charge is -2.22. The summed E-state index contributed by atoms with van der Waals surface area (Å²) >= 11 is 0. The molecule has 0 saturated carbocycles. The molecule has 162 valence electrons. The number of carbonyl (C=O) groups excluding carboxylic acids is 2.